The lowest BCUT2D eigenvalue weighted by atomic mass is 9.83. The van der Waals surface area contributed by atoms with Gasteiger partial charge in [0.2, 0.25) is 0 Å². The molecule has 1 fully saturated rings. The predicted octanol–water partition coefficient (Wildman–Crippen LogP) is 4.15. The Morgan fingerprint density at radius 2 is 1.75 bits per heavy atom. The Kier molecular flexibility index (Phi) is 4.22. The highest BCUT2D eigenvalue weighted by molar-refractivity contribution is 5.34. The highest BCUT2D eigenvalue weighted by Gasteiger charge is 2.17. The number of aromatic nitrogens is 1. The summed E-state index contributed by atoms with van der Waals surface area (Å²) in [6, 6.07) is 11.3. The van der Waals surface area contributed by atoms with Gasteiger partial charge in [0.25, 0.3) is 0 Å². The second-order valence-electron chi connectivity index (χ2n) is 5.93. The Balaban J connectivity index is 1.78. The molecule has 1 unspecified atom stereocenters. The maximum atomic E-state index is 5.96. The maximum Gasteiger partial charge on any atom is 0.0227 e. The molecule has 2 heteroatoms. The maximum absolute atomic E-state index is 5.96. The SMILES string of the molecule is NCC(c1ccc(C2CCCCC2)cc1)c1cc[nH]c1. The van der Waals surface area contributed by atoms with Gasteiger partial charge in [-0.25, -0.2) is 0 Å². The summed E-state index contributed by atoms with van der Waals surface area (Å²) in [6.07, 6.45) is 10.9. The number of nitrogens with two attached hydrogens (primary N) is 1. The molecular formula is C18H24N2. The molecule has 0 bridgehead atoms. The first-order chi connectivity index (χ1) is 9.88. The second kappa shape index (κ2) is 6.27. The van der Waals surface area contributed by atoms with Gasteiger partial charge in [0.15, 0.2) is 0 Å². The Morgan fingerprint density at radius 1 is 1.00 bits per heavy atom. The first kappa shape index (κ1) is 13.4. The van der Waals surface area contributed by atoms with Crippen molar-refractivity contribution in [1.29, 1.82) is 0 Å². The zero-order valence-corrected chi connectivity index (χ0v) is 12.0. The van der Waals surface area contributed by atoms with E-state index in [0.29, 0.717) is 12.5 Å². The first-order valence-electron chi connectivity index (χ1n) is 7.81. The zero-order chi connectivity index (χ0) is 13.8. The van der Waals surface area contributed by atoms with Crippen LogP contribution in [0.5, 0.6) is 0 Å². The van der Waals surface area contributed by atoms with Crippen LogP contribution >= 0.6 is 0 Å². The van der Waals surface area contributed by atoms with Crippen LogP contribution in [0.2, 0.25) is 0 Å². The molecule has 0 saturated heterocycles. The quantitative estimate of drug-likeness (QED) is 0.859. The molecule has 0 radical (unpaired) electrons. The fourth-order valence-corrected chi connectivity index (χ4v) is 3.45. The van der Waals surface area contributed by atoms with Crippen LogP contribution in [0, 0.1) is 0 Å². The number of H-pyrrole nitrogens is 1. The highest BCUT2D eigenvalue weighted by Crippen LogP contribution is 2.33. The summed E-state index contributed by atoms with van der Waals surface area (Å²) in [5, 5.41) is 0. The summed E-state index contributed by atoms with van der Waals surface area (Å²) in [5.41, 5.74) is 10.1. The van der Waals surface area contributed by atoms with Gasteiger partial charge < -0.3 is 10.7 Å². The first-order valence-corrected chi connectivity index (χ1v) is 7.81. The van der Waals surface area contributed by atoms with Gasteiger partial charge in [-0.15, -0.1) is 0 Å². The normalized spacial score (nSPS) is 18.1. The lowest BCUT2D eigenvalue weighted by molar-refractivity contribution is 0.443. The second-order valence-corrected chi connectivity index (χ2v) is 5.93. The summed E-state index contributed by atoms with van der Waals surface area (Å²) in [5.74, 6) is 1.09. The lowest BCUT2D eigenvalue weighted by Crippen LogP contribution is -2.13. The van der Waals surface area contributed by atoms with E-state index < -0.39 is 0 Å². The molecule has 1 heterocycles. The molecule has 2 nitrogen and oxygen atoms in total. The smallest absolute Gasteiger partial charge is 0.0227 e. The van der Waals surface area contributed by atoms with E-state index in [-0.39, 0.29) is 0 Å². The summed E-state index contributed by atoms with van der Waals surface area (Å²) >= 11 is 0. The Hall–Kier alpha value is -1.54. The van der Waals surface area contributed by atoms with Gasteiger partial charge >= 0.3 is 0 Å². The number of benzene rings is 1. The van der Waals surface area contributed by atoms with Gasteiger partial charge in [0, 0.05) is 24.9 Å². The fourth-order valence-electron chi connectivity index (χ4n) is 3.45. The Bertz CT molecular complexity index is 507. The summed E-state index contributed by atoms with van der Waals surface area (Å²) in [4.78, 5) is 3.12. The molecule has 3 N–H and O–H groups in total. The average Bonchev–Trinajstić information content (AvgIpc) is 3.04. The summed E-state index contributed by atoms with van der Waals surface area (Å²) in [7, 11) is 0. The van der Waals surface area contributed by atoms with Gasteiger partial charge in [-0.2, -0.15) is 0 Å². The Labute approximate surface area is 121 Å². The van der Waals surface area contributed by atoms with Crippen molar-refractivity contribution in [3.05, 3.63) is 59.4 Å². The van der Waals surface area contributed by atoms with E-state index >= 15 is 0 Å². The minimum absolute atomic E-state index is 0.307. The van der Waals surface area contributed by atoms with Crippen LogP contribution < -0.4 is 5.73 Å². The van der Waals surface area contributed by atoms with E-state index in [4.69, 9.17) is 5.73 Å². The van der Waals surface area contributed by atoms with Crippen molar-refractivity contribution in [1.82, 2.24) is 4.98 Å². The number of nitrogens with one attached hydrogen (secondary N) is 1. The van der Waals surface area contributed by atoms with Crippen molar-refractivity contribution in [2.45, 2.75) is 43.9 Å². The molecule has 1 atom stereocenters. The van der Waals surface area contributed by atoms with Crippen LogP contribution in [-0.4, -0.2) is 11.5 Å². The van der Waals surface area contributed by atoms with Crippen molar-refractivity contribution in [3.63, 3.8) is 0 Å². The molecule has 3 rings (SSSR count). The fraction of sp³-hybridized carbons (Fsp3) is 0.444. The molecule has 0 amide bonds. The van der Waals surface area contributed by atoms with Gasteiger partial charge in [0.1, 0.15) is 0 Å². The minimum Gasteiger partial charge on any atom is -0.367 e. The summed E-state index contributed by atoms with van der Waals surface area (Å²) in [6.45, 7) is 0.653. The van der Waals surface area contributed by atoms with Crippen LogP contribution in [0.1, 0.15) is 60.6 Å². The van der Waals surface area contributed by atoms with E-state index in [1.54, 1.807) is 0 Å². The molecule has 20 heavy (non-hydrogen) atoms. The molecular weight excluding hydrogens is 244 g/mol. The van der Waals surface area contributed by atoms with Gasteiger partial charge in [0.05, 0.1) is 0 Å². The summed E-state index contributed by atoms with van der Waals surface area (Å²) < 4.78 is 0. The molecule has 0 aliphatic heterocycles. The third-order valence-corrected chi connectivity index (χ3v) is 4.68. The van der Waals surface area contributed by atoms with Crippen LogP contribution in [0.4, 0.5) is 0 Å². The molecule has 1 aliphatic rings. The topological polar surface area (TPSA) is 41.8 Å². The largest absolute Gasteiger partial charge is 0.367 e. The van der Waals surface area contributed by atoms with Crippen LogP contribution in [0.25, 0.3) is 0 Å². The molecule has 1 saturated carbocycles. The van der Waals surface area contributed by atoms with Crippen molar-refractivity contribution < 1.29 is 0 Å². The van der Waals surface area contributed by atoms with E-state index in [2.05, 4.69) is 35.3 Å². The number of rotatable bonds is 4. The highest BCUT2D eigenvalue weighted by atomic mass is 14.6. The van der Waals surface area contributed by atoms with Crippen LogP contribution in [-0.2, 0) is 0 Å². The van der Waals surface area contributed by atoms with Gasteiger partial charge in [-0.3, -0.25) is 0 Å². The van der Waals surface area contributed by atoms with Gasteiger partial charge in [-0.1, -0.05) is 43.5 Å². The molecule has 0 spiro atoms. The third-order valence-electron chi connectivity index (χ3n) is 4.68. The van der Waals surface area contributed by atoms with Crippen molar-refractivity contribution in [3.8, 4) is 0 Å². The van der Waals surface area contributed by atoms with Crippen LogP contribution in [0.3, 0.4) is 0 Å². The number of hydrogen-bond donors (Lipinski definition) is 2. The minimum atomic E-state index is 0.307. The zero-order valence-electron chi connectivity index (χ0n) is 12.0. The molecule has 1 aromatic heterocycles. The van der Waals surface area contributed by atoms with Crippen LogP contribution in [0.15, 0.2) is 42.7 Å². The van der Waals surface area contributed by atoms with Gasteiger partial charge in [-0.05, 0) is 41.5 Å². The van der Waals surface area contributed by atoms with Crippen molar-refractivity contribution in [2.75, 3.05) is 6.54 Å². The Morgan fingerprint density at radius 3 is 2.35 bits per heavy atom. The van der Waals surface area contributed by atoms with Crippen molar-refractivity contribution in [2.24, 2.45) is 5.73 Å². The molecule has 1 aliphatic carbocycles. The van der Waals surface area contributed by atoms with E-state index in [9.17, 15) is 0 Å². The van der Waals surface area contributed by atoms with E-state index in [0.717, 1.165) is 5.92 Å². The van der Waals surface area contributed by atoms with Crippen molar-refractivity contribution >= 4 is 0 Å². The lowest BCUT2D eigenvalue weighted by Gasteiger charge is -2.22. The van der Waals surface area contributed by atoms with E-state index in [1.807, 2.05) is 12.4 Å². The average molecular weight is 268 g/mol. The standard InChI is InChI=1S/C18H24N2/c19-12-18(17-10-11-20-13-17)16-8-6-15(7-9-16)14-4-2-1-3-5-14/h6-11,13-14,18,20H,1-5,12,19H2. The van der Waals surface area contributed by atoms with E-state index in [1.165, 1.54) is 48.8 Å². The number of aromatic amines is 1. The number of hydrogen-bond acceptors (Lipinski definition) is 1. The molecule has 2 aromatic rings. The monoisotopic (exact) mass is 268 g/mol. The third kappa shape index (κ3) is 2.80. The molecule has 106 valence electrons. The molecule has 1 aromatic carbocycles. The predicted molar refractivity (Wildman–Crippen MR) is 84.0 cm³/mol.